The maximum Gasteiger partial charge on any atom is 0.255 e. The Labute approximate surface area is 191 Å². The predicted octanol–water partition coefficient (Wildman–Crippen LogP) is 7.80. The Morgan fingerprint density at radius 3 is 2.52 bits per heavy atom. The fraction of sp³-hybridized carbons (Fsp3) is 0.0476. The molecule has 0 bridgehead atoms. The van der Waals surface area contributed by atoms with Crippen molar-refractivity contribution >= 4 is 79.7 Å². The maximum atomic E-state index is 12.4. The number of aromatic nitrogens is 1. The van der Waals surface area contributed by atoms with Gasteiger partial charge in [0.1, 0.15) is 0 Å². The van der Waals surface area contributed by atoms with Crippen LogP contribution in [0.5, 0.6) is 0 Å². The van der Waals surface area contributed by atoms with Crippen molar-refractivity contribution in [3.63, 3.8) is 0 Å². The molecule has 3 aromatic carbocycles. The molecule has 0 saturated carbocycles. The summed E-state index contributed by atoms with van der Waals surface area (Å²) in [6.07, 6.45) is 0. The molecular formula is C21H13Cl3N2OS2. The van der Waals surface area contributed by atoms with Crippen molar-refractivity contribution in [1.82, 2.24) is 4.98 Å². The number of fused-ring (bicyclic) bond motifs is 1. The van der Waals surface area contributed by atoms with Crippen LogP contribution in [0.2, 0.25) is 15.1 Å². The summed E-state index contributed by atoms with van der Waals surface area (Å²) in [6.45, 7) is 0. The zero-order valence-corrected chi connectivity index (χ0v) is 18.7. The highest BCUT2D eigenvalue weighted by Gasteiger charge is 2.10. The lowest BCUT2D eigenvalue weighted by Crippen LogP contribution is -2.11. The molecule has 3 nitrogen and oxygen atoms in total. The van der Waals surface area contributed by atoms with E-state index in [1.54, 1.807) is 53.4 Å². The topological polar surface area (TPSA) is 42.0 Å². The van der Waals surface area contributed by atoms with E-state index in [4.69, 9.17) is 34.8 Å². The number of benzene rings is 3. The summed E-state index contributed by atoms with van der Waals surface area (Å²) in [4.78, 5) is 17.0. The number of thioether (sulfide) groups is 1. The first kappa shape index (κ1) is 20.5. The van der Waals surface area contributed by atoms with E-state index in [0.717, 1.165) is 31.6 Å². The number of carbonyl (C=O) groups is 1. The normalized spacial score (nSPS) is 11.0. The van der Waals surface area contributed by atoms with Gasteiger partial charge >= 0.3 is 0 Å². The van der Waals surface area contributed by atoms with E-state index < -0.39 is 0 Å². The molecule has 0 aliphatic rings. The van der Waals surface area contributed by atoms with E-state index in [-0.39, 0.29) is 5.91 Å². The molecule has 0 radical (unpaired) electrons. The minimum absolute atomic E-state index is 0.181. The first-order chi connectivity index (χ1) is 14.0. The van der Waals surface area contributed by atoms with E-state index in [2.05, 4.69) is 10.3 Å². The molecular weight excluding hydrogens is 467 g/mol. The van der Waals surface area contributed by atoms with Crippen molar-refractivity contribution in [1.29, 1.82) is 0 Å². The molecule has 146 valence electrons. The van der Waals surface area contributed by atoms with Crippen LogP contribution in [0.4, 0.5) is 5.69 Å². The predicted molar refractivity (Wildman–Crippen MR) is 125 cm³/mol. The fourth-order valence-electron chi connectivity index (χ4n) is 2.62. The minimum atomic E-state index is -0.181. The number of hydrogen-bond acceptors (Lipinski definition) is 4. The second-order valence-electron chi connectivity index (χ2n) is 6.16. The number of rotatable bonds is 5. The molecule has 0 aliphatic carbocycles. The lowest BCUT2D eigenvalue weighted by molar-refractivity contribution is 0.102. The van der Waals surface area contributed by atoms with E-state index in [1.165, 1.54) is 0 Å². The van der Waals surface area contributed by atoms with Crippen molar-refractivity contribution in [2.45, 2.75) is 10.1 Å². The van der Waals surface area contributed by atoms with E-state index in [1.807, 2.05) is 30.3 Å². The van der Waals surface area contributed by atoms with Gasteiger partial charge in [-0.15, -0.1) is 11.3 Å². The van der Waals surface area contributed by atoms with Crippen LogP contribution in [0, 0.1) is 0 Å². The van der Waals surface area contributed by atoms with Crippen molar-refractivity contribution in [3.8, 4) is 0 Å². The largest absolute Gasteiger partial charge is 0.322 e. The summed E-state index contributed by atoms with van der Waals surface area (Å²) in [5, 5.41) is 4.61. The van der Waals surface area contributed by atoms with Gasteiger partial charge in [-0.2, -0.15) is 0 Å². The summed E-state index contributed by atoms with van der Waals surface area (Å²) < 4.78 is 1.96. The highest BCUT2D eigenvalue weighted by molar-refractivity contribution is 8.00. The van der Waals surface area contributed by atoms with Gasteiger partial charge in [0.25, 0.3) is 5.91 Å². The third-order valence-corrected chi connectivity index (χ3v) is 7.30. The van der Waals surface area contributed by atoms with Gasteiger partial charge in [-0.05, 0) is 60.2 Å². The molecule has 1 amide bonds. The van der Waals surface area contributed by atoms with Gasteiger partial charge in [0.05, 0.1) is 20.3 Å². The monoisotopic (exact) mass is 478 g/mol. The maximum absolute atomic E-state index is 12.4. The number of nitrogens with zero attached hydrogens (tertiary/aromatic N) is 1. The quantitative estimate of drug-likeness (QED) is 0.297. The number of carbonyl (C=O) groups excluding carboxylic acids is 1. The molecule has 0 spiro atoms. The van der Waals surface area contributed by atoms with Gasteiger partial charge in [0, 0.05) is 22.0 Å². The molecule has 8 heteroatoms. The first-order valence-corrected chi connectivity index (χ1v) is 11.5. The summed E-state index contributed by atoms with van der Waals surface area (Å²) in [6, 6.07) is 18.1. The molecule has 4 aromatic rings. The molecule has 0 atom stereocenters. The van der Waals surface area contributed by atoms with Gasteiger partial charge in [0.2, 0.25) is 0 Å². The summed E-state index contributed by atoms with van der Waals surface area (Å²) in [5.74, 6) is 0.566. The molecule has 0 aliphatic heterocycles. The number of nitrogens with one attached hydrogen (secondary N) is 1. The number of hydrogen-bond donors (Lipinski definition) is 1. The van der Waals surface area contributed by atoms with Gasteiger partial charge in [-0.1, -0.05) is 52.6 Å². The summed E-state index contributed by atoms with van der Waals surface area (Å²) >= 11 is 21.1. The first-order valence-electron chi connectivity index (χ1n) is 8.52. The Morgan fingerprint density at radius 1 is 0.966 bits per heavy atom. The Hall–Kier alpha value is -1.76. The molecule has 0 fully saturated rings. The third-order valence-electron chi connectivity index (χ3n) is 4.08. The Bertz CT molecular complexity index is 1190. The molecule has 1 aromatic heterocycles. The molecule has 1 heterocycles. The van der Waals surface area contributed by atoms with Gasteiger partial charge in [-0.3, -0.25) is 4.79 Å². The van der Waals surface area contributed by atoms with Crippen LogP contribution in [0.1, 0.15) is 15.9 Å². The van der Waals surface area contributed by atoms with Crippen molar-refractivity contribution in [3.05, 3.63) is 86.9 Å². The van der Waals surface area contributed by atoms with Crippen LogP contribution < -0.4 is 5.32 Å². The number of thiazole rings is 1. The molecule has 0 saturated heterocycles. The fourth-order valence-corrected chi connectivity index (χ4v) is 5.12. The molecule has 0 unspecified atom stereocenters. The van der Waals surface area contributed by atoms with Crippen LogP contribution in [-0.2, 0) is 5.75 Å². The zero-order valence-electron chi connectivity index (χ0n) is 14.8. The van der Waals surface area contributed by atoms with Crippen LogP contribution in [0.25, 0.3) is 10.2 Å². The Kier molecular flexibility index (Phi) is 6.32. The van der Waals surface area contributed by atoms with Crippen LogP contribution in [0.3, 0.4) is 0 Å². The summed E-state index contributed by atoms with van der Waals surface area (Å²) in [5.41, 5.74) is 3.26. The van der Waals surface area contributed by atoms with Crippen molar-refractivity contribution in [2.24, 2.45) is 0 Å². The minimum Gasteiger partial charge on any atom is -0.322 e. The molecule has 4 rings (SSSR count). The highest BCUT2D eigenvalue weighted by Crippen LogP contribution is 2.34. The van der Waals surface area contributed by atoms with Gasteiger partial charge in [0.15, 0.2) is 4.34 Å². The second kappa shape index (κ2) is 8.94. The van der Waals surface area contributed by atoms with Crippen molar-refractivity contribution in [2.75, 3.05) is 5.32 Å². The Morgan fingerprint density at radius 2 is 1.76 bits per heavy atom. The molecule has 29 heavy (non-hydrogen) atoms. The van der Waals surface area contributed by atoms with Crippen LogP contribution >= 0.6 is 57.9 Å². The average molecular weight is 480 g/mol. The highest BCUT2D eigenvalue weighted by atomic mass is 35.5. The van der Waals surface area contributed by atoms with E-state index in [0.29, 0.717) is 20.6 Å². The van der Waals surface area contributed by atoms with Crippen molar-refractivity contribution < 1.29 is 4.79 Å². The lowest BCUT2D eigenvalue weighted by atomic mass is 10.2. The Balaban J connectivity index is 1.46. The number of anilines is 1. The lowest BCUT2D eigenvalue weighted by Gasteiger charge is -2.05. The number of halogens is 3. The average Bonchev–Trinajstić information content (AvgIpc) is 3.11. The number of amides is 1. The molecule has 1 N–H and O–H groups in total. The second-order valence-corrected chi connectivity index (χ2v) is 9.66. The zero-order chi connectivity index (χ0) is 20.4. The van der Waals surface area contributed by atoms with Crippen LogP contribution in [-0.4, -0.2) is 10.9 Å². The van der Waals surface area contributed by atoms with Gasteiger partial charge < -0.3 is 5.32 Å². The smallest absolute Gasteiger partial charge is 0.255 e. The van der Waals surface area contributed by atoms with E-state index >= 15 is 0 Å². The SMILES string of the molecule is O=C(Nc1ccc2nc(SCc3ccc(Cl)c(Cl)c3)sc2c1)c1ccc(Cl)cc1. The third kappa shape index (κ3) is 5.05. The van der Waals surface area contributed by atoms with Crippen LogP contribution in [0.15, 0.2) is 65.0 Å². The standard InChI is InChI=1S/C21H13Cl3N2OS2/c22-14-4-2-13(3-5-14)20(27)25-15-6-8-18-19(10-15)29-21(26-18)28-11-12-1-7-16(23)17(24)9-12/h1-10H,11H2,(H,25,27). The summed E-state index contributed by atoms with van der Waals surface area (Å²) in [7, 11) is 0. The van der Waals surface area contributed by atoms with E-state index in [9.17, 15) is 4.79 Å². The van der Waals surface area contributed by atoms with Gasteiger partial charge in [-0.25, -0.2) is 4.98 Å².